The normalized spacial score (nSPS) is 16.7. The van der Waals surface area contributed by atoms with Crippen molar-refractivity contribution in [3.05, 3.63) is 101 Å². The van der Waals surface area contributed by atoms with E-state index in [0.29, 0.717) is 34.8 Å². The number of aliphatic hydroxyl groups is 1. The second-order valence-electron chi connectivity index (χ2n) is 8.16. The van der Waals surface area contributed by atoms with Crippen molar-refractivity contribution < 1.29 is 34.1 Å². The number of aromatic carboxylic acids is 1. The summed E-state index contributed by atoms with van der Waals surface area (Å²) >= 11 is 0. The number of aliphatic hydroxyl groups excluding tert-OH is 1. The highest BCUT2D eigenvalue weighted by atomic mass is 16.5. The largest absolute Gasteiger partial charge is 0.507 e. The fourth-order valence-corrected chi connectivity index (χ4v) is 4.18. The molecule has 0 radical (unpaired) electrons. The lowest BCUT2D eigenvalue weighted by Crippen LogP contribution is -2.29. The van der Waals surface area contributed by atoms with E-state index in [4.69, 9.17) is 14.6 Å². The highest BCUT2D eigenvalue weighted by molar-refractivity contribution is 6.46. The Morgan fingerprint density at radius 1 is 0.917 bits per heavy atom. The van der Waals surface area contributed by atoms with Crippen molar-refractivity contribution in [3.8, 4) is 11.5 Å². The van der Waals surface area contributed by atoms with Gasteiger partial charge in [0.2, 0.25) is 0 Å². The molecule has 1 aliphatic rings. The monoisotopic (exact) mass is 487 g/mol. The zero-order valence-electron chi connectivity index (χ0n) is 19.8. The molecular weight excluding hydrogens is 462 g/mol. The van der Waals surface area contributed by atoms with Crippen LogP contribution in [0.3, 0.4) is 0 Å². The summed E-state index contributed by atoms with van der Waals surface area (Å²) in [6.45, 7) is 2.38. The first-order valence-corrected chi connectivity index (χ1v) is 11.3. The van der Waals surface area contributed by atoms with Crippen LogP contribution in [0.2, 0.25) is 0 Å². The average molecular weight is 488 g/mol. The Morgan fingerprint density at radius 2 is 1.58 bits per heavy atom. The van der Waals surface area contributed by atoms with E-state index in [1.165, 1.54) is 24.1 Å². The van der Waals surface area contributed by atoms with Crippen molar-refractivity contribution in [2.45, 2.75) is 19.5 Å². The summed E-state index contributed by atoms with van der Waals surface area (Å²) < 4.78 is 10.8. The molecule has 1 atom stereocenters. The number of carbonyl (C=O) groups is 3. The number of carboxylic acids is 1. The van der Waals surface area contributed by atoms with Crippen molar-refractivity contribution >= 4 is 23.4 Å². The van der Waals surface area contributed by atoms with Gasteiger partial charge in [-0.3, -0.25) is 9.59 Å². The molecule has 0 bridgehead atoms. The lowest BCUT2D eigenvalue weighted by molar-refractivity contribution is -0.140. The second-order valence-corrected chi connectivity index (χ2v) is 8.16. The number of likely N-dealkylation sites (tertiary alicyclic amines) is 1. The van der Waals surface area contributed by atoms with Gasteiger partial charge < -0.3 is 24.6 Å². The molecule has 0 saturated carbocycles. The maximum atomic E-state index is 13.2. The van der Waals surface area contributed by atoms with Crippen LogP contribution in [0.15, 0.2) is 78.4 Å². The molecule has 36 heavy (non-hydrogen) atoms. The van der Waals surface area contributed by atoms with Crippen molar-refractivity contribution in [2.24, 2.45) is 0 Å². The van der Waals surface area contributed by atoms with Crippen molar-refractivity contribution in [3.63, 3.8) is 0 Å². The fraction of sp³-hybridized carbons (Fsp3) is 0.179. The number of carbonyl (C=O) groups excluding carboxylic acids is 2. The average Bonchev–Trinajstić information content (AvgIpc) is 3.14. The van der Waals surface area contributed by atoms with Gasteiger partial charge in [-0.15, -0.1) is 0 Å². The van der Waals surface area contributed by atoms with E-state index < -0.39 is 23.7 Å². The van der Waals surface area contributed by atoms with Crippen LogP contribution in [-0.4, -0.2) is 46.5 Å². The number of hydrogen-bond acceptors (Lipinski definition) is 6. The molecule has 3 aromatic carbocycles. The summed E-state index contributed by atoms with van der Waals surface area (Å²) in [6, 6.07) is 18.7. The molecule has 2 N–H and O–H groups in total. The minimum Gasteiger partial charge on any atom is -0.507 e. The maximum absolute atomic E-state index is 13.2. The molecule has 184 valence electrons. The SMILES string of the molecule is CCOc1ccc(/C(O)=C2\C(=O)C(=O)N(Cc3ccc(C(=O)O)cc3)C2c2cccc(OC)c2)cc1. The van der Waals surface area contributed by atoms with Gasteiger partial charge >= 0.3 is 5.97 Å². The number of amides is 1. The zero-order chi connectivity index (χ0) is 25.8. The Hall–Kier alpha value is -4.59. The number of Topliss-reactive ketones (excluding diaryl/α,β-unsaturated/α-hetero) is 1. The van der Waals surface area contributed by atoms with Crippen LogP contribution >= 0.6 is 0 Å². The third-order valence-electron chi connectivity index (χ3n) is 5.94. The minimum absolute atomic E-state index is 0.0341. The van der Waals surface area contributed by atoms with Gasteiger partial charge in [-0.05, 0) is 66.6 Å². The summed E-state index contributed by atoms with van der Waals surface area (Å²) in [7, 11) is 1.51. The standard InChI is InChI=1S/C28H25NO7/c1-3-36-21-13-11-18(12-14-21)25(30)23-24(20-5-4-6-22(15-20)35-2)29(27(32)26(23)31)16-17-7-9-19(10-8-17)28(33)34/h4-15,24,30H,3,16H2,1-2H3,(H,33,34)/b25-23+. The summed E-state index contributed by atoms with van der Waals surface area (Å²) in [5.41, 5.74) is 1.66. The molecule has 1 heterocycles. The van der Waals surface area contributed by atoms with Crippen LogP contribution in [0.1, 0.15) is 40.0 Å². The first-order valence-electron chi connectivity index (χ1n) is 11.3. The van der Waals surface area contributed by atoms with E-state index in [1.54, 1.807) is 60.7 Å². The van der Waals surface area contributed by atoms with Crippen molar-refractivity contribution in [1.82, 2.24) is 4.90 Å². The first-order chi connectivity index (χ1) is 17.3. The van der Waals surface area contributed by atoms with Crippen LogP contribution in [0, 0.1) is 0 Å². The Labute approximate surface area is 208 Å². The zero-order valence-corrected chi connectivity index (χ0v) is 19.8. The summed E-state index contributed by atoms with van der Waals surface area (Å²) in [5, 5.41) is 20.4. The molecule has 1 fully saturated rings. The van der Waals surface area contributed by atoms with Gasteiger partial charge in [0, 0.05) is 12.1 Å². The molecule has 0 spiro atoms. The van der Waals surface area contributed by atoms with Gasteiger partial charge in [-0.25, -0.2) is 4.79 Å². The topological polar surface area (TPSA) is 113 Å². The molecule has 1 aliphatic heterocycles. The minimum atomic E-state index is -1.06. The Bertz CT molecular complexity index is 1330. The smallest absolute Gasteiger partial charge is 0.335 e. The van der Waals surface area contributed by atoms with E-state index in [2.05, 4.69) is 0 Å². The second kappa shape index (κ2) is 10.4. The van der Waals surface area contributed by atoms with Crippen LogP contribution < -0.4 is 9.47 Å². The summed E-state index contributed by atoms with van der Waals surface area (Å²) in [6.07, 6.45) is 0. The number of benzene rings is 3. The predicted molar refractivity (Wildman–Crippen MR) is 132 cm³/mol. The van der Waals surface area contributed by atoms with E-state index >= 15 is 0 Å². The summed E-state index contributed by atoms with van der Waals surface area (Å²) in [5.74, 6) is -1.79. The van der Waals surface area contributed by atoms with Crippen LogP contribution in [0.5, 0.6) is 11.5 Å². The number of carboxylic acid groups (broad SMARTS) is 1. The number of hydrogen-bond donors (Lipinski definition) is 2. The number of ketones is 1. The summed E-state index contributed by atoms with van der Waals surface area (Å²) in [4.78, 5) is 39.0. The van der Waals surface area contributed by atoms with Crippen LogP contribution in [0.25, 0.3) is 5.76 Å². The van der Waals surface area contributed by atoms with E-state index in [0.717, 1.165) is 0 Å². The predicted octanol–water partition coefficient (Wildman–Crippen LogP) is 4.41. The molecule has 0 aromatic heterocycles. The molecular formula is C28H25NO7. The molecule has 8 heteroatoms. The third-order valence-corrected chi connectivity index (χ3v) is 5.94. The molecule has 8 nitrogen and oxygen atoms in total. The van der Waals surface area contributed by atoms with Gasteiger partial charge in [0.1, 0.15) is 17.3 Å². The van der Waals surface area contributed by atoms with Gasteiger partial charge in [-0.1, -0.05) is 24.3 Å². The van der Waals surface area contributed by atoms with Gasteiger partial charge in [-0.2, -0.15) is 0 Å². The molecule has 4 rings (SSSR count). The number of ether oxygens (including phenoxy) is 2. The molecule has 1 unspecified atom stereocenters. The van der Waals surface area contributed by atoms with Crippen LogP contribution in [-0.2, 0) is 16.1 Å². The van der Waals surface area contributed by atoms with Gasteiger partial charge in [0.05, 0.1) is 30.9 Å². The van der Waals surface area contributed by atoms with Gasteiger partial charge in [0.15, 0.2) is 0 Å². The number of rotatable bonds is 8. The Kier molecular flexibility index (Phi) is 7.05. The third kappa shape index (κ3) is 4.79. The highest BCUT2D eigenvalue weighted by Crippen LogP contribution is 2.41. The highest BCUT2D eigenvalue weighted by Gasteiger charge is 2.46. The first kappa shape index (κ1) is 24.5. The Balaban J connectivity index is 1.80. The lowest BCUT2D eigenvalue weighted by atomic mass is 9.95. The maximum Gasteiger partial charge on any atom is 0.335 e. The number of nitrogens with zero attached hydrogens (tertiary/aromatic N) is 1. The molecule has 0 aliphatic carbocycles. The molecule has 1 amide bonds. The lowest BCUT2D eigenvalue weighted by Gasteiger charge is -2.26. The van der Waals surface area contributed by atoms with E-state index in [1.807, 2.05) is 6.92 Å². The quantitative estimate of drug-likeness (QED) is 0.275. The molecule has 1 saturated heterocycles. The Morgan fingerprint density at radius 3 is 2.19 bits per heavy atom. The van der Waals surface area contributed by atoms with Gasteiger partial charge in [0.25, 0.3) is 11.7 Å². The van der Waals surface area contributed by atoms with E-state index in [-0.39, 0.29) is 23.4 Å². The van der Waals surface area contributed by atoms with E-state index in [9.17, 15) is 19.5 Å². The van der Waals surface area contributed by atoms with Crippen LogP contribution in [0.4, 0.5) is 0 Å². The van der Waals surface area contributed by atoms with Crippen molar-refractivity contribution in [2.75, 3.05) is 13.7 Å². The number of methoxy groups -OCH3 is 1. The fourth-order valence-electron chi connectivity index (χ4n) is 4.18. The molecule has 3 aromatic rings. The van der Waals surface area contributed by atoms with Crippen molar-refractivity contribution in [1.29, 1.82) is 0 Å².